The minimum Gasteiger partial charge on any atom is -0.349 e. The van der Waals surface area contributed by atoms with Gasteiger partial charge < -0.3 is 5.32 Å². The van der Waals surface area contributed by atoms with Crippen LogP contribution in [0.4, 0.5) is 14.5 Å². The Balaban J connectivity index is 3.09. The lowest BCUT2D eigenvalue weighted by Gasteiger charge is -2.13. The number of benzene rings is 1. The Morgan fingerprint density at radius 1 is 1.47 bits per heavy atom. The third-order valence-electron chi connectivity index (χ3n) is 2.59. The fourth-order valence-corrected chi connectivity index (χ4v) is 1.69. The van der Waals surface area contributed by atoms with Crippen molar-refractivity contribution in [1.82, 2.24) is 5.32 Å². The quantitative estimate of drug-likeness (QED) is 0.661. The first-order valence-electron chi connectivity index (χ1n) is 5.81. The van der Waals surface area contributed by atoms with Gasteiger partial charge in [0.15, 0.2) is 0 Å². The van der Waals surface area contributed by atoms with Crippen LogP contribution in [0.2, 0.25) is 0 Å². The first-order valence-corrected chi connectivity index (χ1v) is 5.81. The predicted octanol–water partition coefficient (Wildman–Crippen LogP) is 2.79. The van der Waals surface area contributed by atoms with Crippen LogP contribution in [0.25, 0.3) is 0 Å². The number of hydrogen-bond donors (Lipinski definition) is 1. The van der Waals surface area contributed by atoms with Gasteiger partial charge in [-0.05, 0) is 19.4 Å². The van der Waals surface area contributed by atoms with Gasteiger partial charge in [0.2, 0.25) is 5.82 Å². The van der Waals surface area contributed by atoms with Crippen molar-refractivity contribution in [2.24, 2.45) is 0 Å². The summed E-state index contributed by atoms with van der Waals surface area (Å²) in [6.45, 7) is 3.59. The molecular weight excluding hydrogens is 258 g/mol. The van der Waals surface area contributed by atoms with E-state index in [1.54, 1.807) is 6.92 Å². The second-order valence-electron chi connectivity index (χ2n) is 4.18. The zero-order valence-corrected chi connectivity index (χ0v) is 10.6. The lowest BCUT2D eigenvalue weighted by molar-refractivity contribution is -0.387. The Morgan fingerprint density at radius 3 is 2.63 bits per heavy atom. The van der Waals surface area contributed by atoms with Crippen LogP contribution in [0.1, 0.15) is 37.0 Å². The molecule has 7 heteroatoms. The average Bonchev–Trinajstić information content (AvgIpc) is 2.28. The predicted molar refractivity (Wildman–Crippen MR) is 64.8 cm³/mol. The summed E-state index contributed by atoms with van der Waals surface area (Å²) in [5, 5.41) is 12.9. The van der Waals surface area contributed by atoms with Gasteiger partial charge in [-0.1, -0.05) is 13.3 Å². The summed E-state index contributed by atoms with van der Waals surface area (Å²) in [7, 11) is 0. The lowest BCUT2D eigenvalue weighted by atomic mass is 10.1. The molecule has 0 aliphatic rings. The fourth-order valence-electron chi connectivity index (χ4n) is 1.69. The van der Waals surface area contributed by atoms with E-state index >= 15 is 0 Å². The van der Waals surface area contributed by atoms with E-state index in [1.807, 2.05) is 6.92 Å². The molecule has 1 aromatic rings. The molecule has 0 heterocycles. The molecule has 5 nitrogen and oxygen atoms in total. The molecule has 1 N–H and O–H groups in total. The van der Waals surface area contributed by atoms with Crippen LogP contribution in [-0.4, -0.2) is 16.9 Å². The molecule has 0 aliphatic carbocycles. The molecule has 1 unspecified atom stereocenters. The highest BCUT2D eigenvalue weighted by Crippen LogP contribution is 2.23. The highest BCUT2D eigenvalue weighted by molar-refractivity contribution is 5.95. The molecule has 1 aromatic carbocycles. The Hall–Kier alpha value is -2.05. The number of amides is 1. The number of carbonyl (C=O) groups excluding carboxylic acids is 1. The molecule has 1 rings (SSSR count). The number of carbonyl (C=O) groups is 1. The van der Waals surface area contributed by atoms with Crippen molar-refractivity contribution in [1.29, 1.82) is 0 Å². The van der Waals surface area contributed by atoms with E-state index in [-0.39, 0.29) is 6.04 Å². The monoisotopic (exact) mass is 272 g/mol. The van der Waals surface area contributed by atoms with Crippen molar-refractivity contribution in [2.45, 2.75) is 32.7 Å². The van der Waals surface area contributed by atoms with E-state index in [4.69, 9.17) is 0 Å². The largest absolute Gasteiger partial charge is 0.349 e. The van der Waals surface area contributed by atoms with Crippen molar-refractivity contribution < 1.29 is 18.5 Å². The highest BCUT2D eigenvalue weighted by Gasteiger charge is 2.26. The number of nitro groups is 1. The third-order valence-corrected chi connectivity index (χ3v) is 2.59. The number of halogens is 2. The zero-order chi connectivity index (χ0) is 14.6. The maximum Gasteiger partial charge on any atom is 0.305 e. The molecule has 1 amide bonds. The third kappa shape index (κ3) is 3.46. The van der Waals surface area contributed by atoms with Gasteiger partial charge >= 0.3 is 5.69 Å². The number of nitrogens with zero attached hydrogens (tertiary/aromatic N) is 1. The molecule has 104 valence electrons. The van der Waals surface area contributed by atoms with Crippen LogP contribution in [0.15, 0.2) is 12.1 Å². The Morgan fingerprint density at radius 2 is 2.11 bits per heavy atom. The number of nitrogens with one attached hydrogen (secondary N) is 1. The summed E-state index contributed by atoms with van der Waals surface area (Å²) in [4.78, 5) is 21.3. The Kier molecular flexibility index (Phi) is 4.91. The van der Waals surface area contributed by atoms with E-state index < -0.39 is 33.7 Å². The van der Waals surface area contributed by atoms with Gasteiger partial charge in [0.05, 0.1) is 4.92 Å². The van der Waals surface area contributed by atoms with Crippen LogP contribution >= 0.6 is 0 Å². The molecule has 0 aliphatic heterocycles. The van der Waals surface area contributed by atoms with Crippen molar-refractivity contribution in [3.63, 3.8) is 0 Å². The van der Waals surface area contributed by atoms with Crippen LogP contribution in [0.3, 0.4) is 0 Å². The van der Waals surface area contributed by atoms with Crippen LogP contribution in [-0.2, 0) is 0 Å². The summed E-state index contributed by atoms with van der Waals surface area (Å²) in [5.74, 6) is -3.56. The second kappa shape index (κ2) is 6.21. The molecule has 1 atom stereocenters. The topological polar surface area (TPSA) is 72.2 Å². The maximum absolute atomic E-state index is 13.7. The molecule has 19 heavy (non-hydrogen) atoms. The van der Waals surface area contributed by atoms with E-state index in [2.05, 4.69) is 5.32 Å². The van der Waals surface area contributed by atoms with E-state index in [9.17, 15) is 23.7 Å². The molecule has 0 bridgehead atoms. The van der Waals surface area contributed by atoms with Gasteiger partial charge in [-0.25, -0.2) is 4.39 Å². The lowest BCUT2D eigenvalue weighted by Crippen LogP contribution is -2.33. The Bertz CT molecular complexity index is 506. The zero-order valence-electron chi connectivity index (χ0n) is 10.6. The van der Waals surface area contributed by atoms with Crippen LogP contribution in [0, 0.1) is 21.7 Å². The summed E-state index contributed by atoms with van der Waals surface area (Å²) >= 11 is 0. The van der Waals surface area contributed by atoms with Gasteiger partial charge in [0.1, 0.15) is 11.4 Å². The molecular formula is C12H14F2N2O3. The minimum absolute atomic E-state index is 0.268. The highest BCUT2D eigenvalue weighted by atomic mass is 19.1. The van der Waals surface area contributed by atoms with E-state index in [1.165, 1.54) is 0 Å². The van der Waals surface area contributed by atoms with Gasteiger partial charge in [-0.2, -0.15) is 4.39 Å². The van der Waals surface area contributed by atoms with Gasteiger partial charge in [-0.15, -0.1) is 0 Å². The molecule has 0 spiro atoms. The average molecular weight is 272 g/mol. The molecule has 0 radical (unpaired) electrons. The summed E-state index contributed by atoms with van der Waals surface area (Å²) in [5.41, 5.74) is -1.84. The minimum atomic E-state index is -1.45. The fraction of sp³-hybridized carbons (Fsp3) is 0.417. The summed E-state index contributed by atoms with van der Waals surface area (Å²) in [6.07, 6.45) is 1.44. The summed E-state index contributed by atoms with van der Waals surface area (Å²) in [6, 6.07) is 1.13. The first kappa shape index (κ1) is 15.0. The SMILES string of the molecule is CCCC(C)NC(=O)c1c(F)ccc([N+](=O)[O-])c1F. The van der Waals surface area contributed by atoms with Crippen molar-refractivity contribution in [2.75, 3.05) is 0 Å². The van der Waals surface area contributed by atoms with E-state index in [0.29, 0.717) is 18.6 Å². The molecule has 0 saturated heterocycles. The molecule has 0 fully saturated rings. The first-order chi connectivity index (χ1) is 8.88. The molecule has 0 saturated carbocycles. The van der Waals surface area contributed by atoms with E-state index in [0.717, 1.165) is 6.42 Å². The van der Waals surface area contributed by atoms with Crippen LogP contribution in [0.5, 0.6) is 0 Å². The smallest absolute Gasteiger partial charge is 0.305 e. The normalized spacial score (nSPS) is 12.0. The van der Waals surface area contributed by atoms with Crippen LogP contribution < -0.4 is 5.32 Å². The number of nitro benzene ring substituents is 1. The summed E-state index contributed by atoms with van der Waals surface area (Å²) < 4.78 is 27.2. The van der Waals surface area contributed by atoms with Gasteiger partial charge in [0.25, 0.3) is 5.91 Å². The Labute approximate surface area is 108 Å². The standard InChI is InChI=1S/C12H14F2N2O3/c1-3-4-7(2)15-12(17)10-8(13)5-6-9(11(10)14)16(18)19/h5-7H,3-4H2,1-2H3,(H,15,17). The van der Waals surface area contributed by atoms with Crippen molar-refractivity contribution in [3.05, 3.63) is 39.4 Å². The maximum atomic E-state index is 13.7. The van der Waals surface area contributed by atoms with Crippen molar-refractivity contribution in [3.8, 4) is 0 Å². The second-order valence-corrected chi connectivity index (χ2v) is 4.18. The van der Waals surface area contributed by atoms with Gasteiger partial charge in [0, 0.05) is 12.1 Å². The number of hydrogen-bond acceptors (Lipinski definition) is 3. The van der Waals surface area contributed by atoms with Gasteiger partial charge in [-0.3, -0.25) is 14.9 Å². The van der Waals surface area contributed by atoms with Crippen molar-refractivity contribution >= 4 is 11.6 Å². The molecule has 0 aromatic heterocycles. The number of rotatable bonds is 5.